The molecule has 1 aromatic carbocycles. The predicted octanol–water partition coefficient (Wildman–Crippen LogP) is 2.54. The van der Waals surface area contributed by atoms with Crippen LogP contribution >= 0.6 is 0 Å². The Morgan fingerprint density at radius 3 is 3.00 bits per heavy atom. The molecule has 1 saturated heterocycles. The van der Waals surface area contributed by atoms with Crippen LogP contribution in [0.1, 0.15) is 38.3 Å². The molecule has 3 rings (SSSR count). The average molecular weight is 290 g/mol. The summed E-state index contributed by atoms with van der Waals surface area (Å²) in [5.41, 5.74) is 1.21. The quantitative estimate of drug-likeness (QED) is 0.894. The summed E-state index contributed by atoms with van der Waals surface area (Å²) in [6.45, 7) is 8.60. The van der Waals surface area contributed by atoms with Crippen molar-refractivity contribution in [2.45, 2.75) is 38.8 Å². The molecular weight excluding hydrogens is 264 g/mol. The van der Waals surface area contributed by atoms with Gasteiger partial charge < -0.3 is 15.2 Å². The van der Waals surface area contributed by atoms with Crippen molar-refractivity contribution in [3.63, 3.8) is 0 Å². The van der Waals surface area contributed by atoms with Crippen LogP contribution in [0.5, 0.6) is 11.5 Å². The van der Waals surface area contributed by atoms with Gasteiger partial charge in [0.25, 0.3) is 0 Å². The summed E-state index contributed by atoms with van der Waals surface area (Å²) in [4.78, 5) is 2.56. The third kappa shape index (κ3) is 3.16. The molecule has 116 valence electrons. The highest BCUT2D eigenvalue weighted by Gasteiger charge is 2.32. The number of phenolic OH excluding ortho intramolecular Hbond substituents is 1. The zero-order valence-corrected chi connectivity index (χ0v) is 13.0. The summed E-state index contributed by atoms with van der Waals surface area (Å²) in [6, 6.07) is 6.30. The fraction of sp³-hybridized carbons (Fsp3) is 0.647. The first-order chi connectivity index (χ1) is 10.1. The Hall–Kier alpha value is -1.26. The maximum absolute atomic E-state index is 9.59. The maximum Gasteiger partial charge on any atom is 0.127 e. The van der Waals surface area contributed by atoms with Crippen LogP contribution in [0.25, 0.3) is 0 Å². The van der Waals surface area contributed by atoms with E-state index in [2.05, 4.69) is 24.1 Å². The minimum absolute atomic E-state index is 0.280. The maximum atomic E-state index is 9.59. The molecule has 0 aromatic heterocycles. The van der Waals surface area contributed by atoms with Gasteiger partial charge >= 0.3 is 0 Å². The van der Waals surface area contributed by atoms with Crippen LogP contribution in [-0.2, 0) is 0 Å². The van der Waals surface area contributed by atoms with Gasteiger partial charge in [-0.3, -0.25) is 4.90 Å². The van der Waals surface area contributed by atoms with E-state index in [4.69, 9.17) is 4.74 Å². The largest absolute Gasteiger partial charge is 0.508 e. The summed E-state index contributed by atoms with van der Waals surface area (Å²) < 4.78 is 5.79. The molecule has 0 bridgehead atoms. The number of nitrogens with zero attached hydrogens (tertiary/aromatic N) is 1. The monoisotopic (exact) mass is 290 g/mol. The lowest BCUT2D eigenvalue weighted by atomic mass is 9.96. The fourth-order valence-corrected chi connectivity index (χ4v) is 3.53. The number of nitrogens with one attached hydrogen (secondary N) is 1. The van der Waals surface area contributed by atoms with Crippen LogP contribution in [0.15, 0.2) is 18.2 Å². The van der Waals surface area contributed by atoms with E-state index in [-0.39, 0.29) is 5.75 Å². The van der Waals surface area contributed by atoms with Crippen molar-refractivity contribution in [1.82, 2.24) is 10.2 Å². The van der Waals surface area contributed by atoms with E-state index in [0.29, 0.717) is 18.7 Å². The molecule has 0 radical (unpaired) electrons. The molecule has 2 heterocycles. The summed E-state index contributed by atoms with van der Waals surface area (Å²) >= 11 is 0. The van der Waals surface area contributed by atoms with E-state index in [1.54, 1.807) is 12.1 Å². The Balaban J connectivity index is 1.76. The molecule has 2 atom stereocenters. The molecule has 0 amide bonds. The second-order valence-electron chi connectivity index (χ2n) is 6.55. The first kappa shape index (κ1) is 14.7. The van der Waals surface area contributed by atoms with E-state index >= 15 is 0 Å². The SMILES string of the molecule is CC(C)N(CC1CCCNC1)C1COc2cc(O)ccc21. The summed E-state index contributed by atoms with van der Waals surface area (Å²) in [7, 11) is 0. The average Bonchev–Trinajstić information content (AvgIpc) is 2.88. The molecule has 21 heavy (non-hydrogen) atoms. The van der Waals surface area contributed by atoms with Gasteiger partial charge in [0.1, 0.15) is 18.1 Å². The lowest BCUT2D eigenvalue weighted by Gasteiger charge is -2.36. The van der Waals surface area contributed by atoms with E-state index in [1.807, 2.05) is 6.07 Å². The van der Waals surface area contributed by atoms with Gasteiger partial charge in [-0.25, -0.2) is 0 Å². The van der Waals surface area contributed by atoms with E-state index in [9.17, 15) is 5.11 Å². The van der Waals surface area contributed by atoms with Crippen LogP contribution in [0, 0.1) is 5.92 Å². The highest BCUT2D eigenvalue weighted by molar-refractivity contribution is 5.44. The first-order valence-electron chi connectivity index (χ1n) is 8.07. The lowest BCUT2D eigenvalue weighted by molar-refractivity contribution is 0.100. The zero-order chi connectivity index (χ0) is 14.8. The van der Waals surface area contributed by atoms with Crippen molar-refractivity contribution < 1.29 is 9.84 Å². The normalized spacial score (nSPS) is 25.1. The molecule has 1 fully saturated rings. The molecule has 0 spiro atoms. The minimum Gasteiger partial charge on any atom is -0.508 e. The molecule has 0 aliphatic carbocycles. The zero-order valence-electron chi connectivity index (χ0n) is 13.0. The Morgan fingerprint density at radius 2 is 2.29 bits per heavy atom. The van der Waals surface area contributed by atoms with E-state index in [1.165, 1.54) is 18.4 Å². The highest BCUT2D eigenvalue weighted by atomic mass is 16.5. The number of ether oxygens (including phenoxy) is 1. The van der Waals surface area contributed by atoms with Gasteiger partial charge in [-0.1, -0.05) is 0 Å². The Morgan fingerprint density at radius 1 is 1.43 bits per heavy atom. The Kier molecular flexibility index (Phi) is 4.36. The topological polar surface area (TPSA) is 44.7 Å². The van der Waals surface area contributed by atoms with E-state index in [0.717, 1.165) is 31.3 Å². The standard InChI is InChI=1S/C17H26N2O2/c1-12(2)19(10-13-4-3-7-18-9-13)16-11-21-17-8-14(20)5-6-15(16)17/h5-6,8,12-13,16,18,20H,3-4,7,9-11H2,1-2H3. The molecule has 2 aliphatic heterocycles. The number of piperidine rings is 1. The Labute approximate surface area is 127 Å². The van der Waals surface area contributed by atoms with Crippen molar-refractivity contribution >= 4 is 0 Å². The molecule has 2 aliphatic rings. The van der Waals surface area contributed by atoms with Crippen LogP contribution in [0.2, 0.25) is 0 Å². The second-order valence-corrected chi connectivity index (χ2v) is 6.55. The minimum atomic E-state index is 0.280. The summed E-state index contributed by atoms with van der Waals surface area (Å²) in [5.74, 6) is 1.84. The fourth-order valence-electron chi connectivity index (χ4n) is 3.53. The number of benzene rings is 1. The Bertz CT molecular complexity index is 484. The predicted molar refractivity (Wildman–Crippen MR) is 83.8 cm³/mol. The van der Waals surface area contributed by atoms with Gasteiger partial charge in [0.15, 0.2) is 0 Å². The number of rotatable bonds is 4. The van der Waals surface area contributed by atoms with Gasteiger partial charge in [0, 0.05) is 24.2 Å². The number of fused-ring (bicyclic) bond motifs is 1. The number of phenols is 1. The smallest absolute Gasteiger partial charge is 0.127 e. The van der Waals surface area contributed by atoms with Crippen molar-refractivity contribution in [2.75, 3.05) is 26.2 Å². The molecule has 4 nitrogen and oxygen atoms in total. The van der Waals surface area contributed by atoms with Crippen molar-refractivity contribution in [3.05, 3.63) is 23.8 Å². The highest BCUT2D eigenvalue weighted by Crippen LogP contribution is 2.39. The molecule has 2 N–H and O–H groups in total. The lowest BCUT2D eigenvalue weighted by Crippen LogP contribution is -2.43. The molecule has 4 heteroatoms. The van der Waals surface area contributed by atoms with Crippen molar-refractivity contribution in [1.29, 1.82) is 0 Å². The molecule has 1 aromatic rings. The number of hydrogen-bond acceptors (Lipinski definition) is 4. The number of aromatic hydroxyl groups is 1. The van der Waals surface area contributed by atoms with Crippen LogP contribution < -0.4 is 10.1 Å². The van der Waals surface area contributed by atoms with Gasteiger partial charge in [-0.15, -0.1) is 0 Å². The van der Waals surface area contributed by atoms with Gasteiger partial charge in [-0.05, 0) is 57.8 Å². The molecule has 0 saturated carbocycles. The van der Waals surface area contributed by atoms with Gasteiger partial charge in [-0.2, -0.15) is 0 Å². The number of hydrogen-bond donors (Lipinski definition) is 2. The second kappa shape index (κ2) is 6.24. The van der Waals surface area contributed by atoms with Crippen LogP contribution in [-0.4, -0.2) is 42.3 Å². The molecular formula is C17H26N2O2. The van der Waals surface area contributed by atoms with E-state index < -0.39 is 0 Å². The third-order valence-corrected chi connectivity index (χ3v) is 4.68. The first-order valence-corrected chi connectivity index (χ1v) is 8.07. The third-order valence-electron chi connectivity index (χ3n) is 4.68. The summed E-state index contributed by atoms with van der Waals surface area (Å²) in [6.07, 6.45) is 2.59. The van der Waals surface area contributed by atoms with Crippen molar-refractivity contribution in [3.8, 4) is 11.5 Å². The molecule has 2 unspecified atom stereocenters. The van der Waals surface area contributed by atoms with Crippen molar-refractivity contribution in [2.24, 2.45) is 5.92 Å². The van der Waals surface area contributed by atoms with Crippen LogP contribution in [0.4, 0.5) is 0 Å². The summed E-state index contributed by atoms with van der Waals surface area (Å²) in [5, 5.41) is 13.1. The van der Waals surface area contributed by atoms with Crippen LogP contribution in [0.3, 0.4) is 0 Å². The van der Waals surface area contributed by atoms with Gasteiger partial charge in [0.2, 0.25) is 0 Å². The van der Waals surface area contributed by atoms with Gasteiger partial charge in [0.05, 0.1) is 6.04 Å².